The highest BCUT2D eigenvalue weighted by Crippen LogP contribution is 2.27. The standard InChI is InChI=1S/C75H140O12/c1-4-7-10-13-16-19-22-25-28-31-34-37-40-43-46-49-52-55-58-61-67(76)83-64-66(85-68(77)62-59-56-53-50-47-44-41-38-35-32-29-26-23-20-17-14-11-8-5-2)65-84-75-73(71(80)70(79)72(87-75)74(81)82)86-69(78)63-60-57-54-51-48-45-42-39-36-33-30-27-24-21-18-15-12-9-6-3/h25,28,66,70-73,75,79-80H,4-24,26-27,29-65H2,1-3H3,(H,81,82)/b28-25-. The monoisotopic (exact) mass is 1230 g/mol. The van der Waals surface area contributed by atoms with Crippen molar-refractivity contribution in [2.45, 2.75) is 430 Å². The molecule has 6 unspecified atom stereocenters. The third kappa shape index (κ3) is 52.8. The van der Waals surface area contributed by atoms with Crippen LogP contribution >= 0.6 is 0 Å². The Morgan fingerprint density at radius 2 is 0.655 bits per heavy atom. The second-order valence-electron chi connectivity index (χ2n) is 26.3. The SMILES string of the molecule is CCCCCCCC/C=C\CCCCCCCCCCCC(=O)OCC(COC1OC(C(=O)O)C(O)C(O)C1OC(=O)CCCCCCCCCCCCCCCCCCCCC)OC(=O)CCCCCCCCCCCCCCCCCCCCC. The number of carboxylic acids is 1. The lowest BCUT2D eigenvalue weighted by molar-refractivity contribution is -0.301. The molecule has 1 heterocycles. The van der Waals surface area contributed by atoms with Crippen molar-refractivity contribution < 1.29 is 58.2 Å². The van der Waals surface area contributed by atoms with E-state index in [9.17, 15) is 34.5 Å². The Labute approximate surface area is 535 Å². The molecule has 87 heavy (non-hydrogen) atoms. The van der Waals surface area contributed by atoms with E-state index in [-0.39, 0.29) is 25.9 Å². The van der Waals surface area contributed by atoms with Gasteiger partial charge in [-0.05, 0) is 44.9 Å². The molecule has 0 bridgehead atoms. The van der Waals surface area contributed by atoms with E-state index >= 15 is 0 Å². The van der Waals surface area contributed by atoms with Crippen LogP contribution in [0.5, 0.6) is 0 Å². The lowest BCUT2D eigenvalue weighted by atomic mass is 9.98. The first kappa shape index (κ1) is 82.5. The molecular formula is C75H140O12. The maximum absolute atomic E-state index is 13.3. The Morgan fingerprint density at radius 3 is 0.977 bits per heavy atom. The van der Waals surface area contributed by atoms with E-state index in [1.165, 1.54) is 276 Å². The summed E-state index contributed by atoms with van der Waals surface area (Å²) in [7, 11) is 0. The molecule has 1 fully saturated rings. The highest BCUT2D eigenvalue weighted by atomic mass is 16.7. The number of hydrogen-bond acceptors (Lipinski definition) is 11. The quantitative estimate of drug-likeness (QED) is 0.0228. The third-order valence-electron chi connectivity index (χ3n) is 17.8. The molecule has 1 saturated heterocycles. The minimum Gasteiger partial charge on any atom is -0.479 e. The fourth-order valence-electron chi connectivity index (χ4n) is 12.1. The molecule has 12 heteroatoms. The molecular weight excluding hydrogens is 1090 g/mol. The summed E-state index contributed by atoms with van der Waals surface area (Å²) in [6, 6.07) is 0. The average Bonchev–Trinajstić information content (AvgIpc) is 2.56. The van der Waals surface area contributed by atoms with Crippen LogP contribution in [0.2, 0.25) is 0 Å². The zero-order valence-electron chi connectivity index (χ0n) is 57.1. The van der Waals surface area contributed by atoms with Gasteiger partial charge in [-0.25, -0.2) is 4.79 Å². The van der Waals surface area contributed by atoms with Gasteiger partial charge in [0.2, 0.25) is 0 Å². The molecule has 0 amide bonds. The number of hydrogen-bond donors (Lipinski definition) is 3. The van der Waals surface area contributed by atoms with Crippen molar-refractivity contribution in [2.24, 2.45) is 0 Å². The summed E-state index contributed by atoms with van der Waals surface area (Å²) >= 11 is 0. The second kappa shape index (κ2) is 63.6. The summed E-state index contributed by atoms with van der Waals surface area (Å²) < 4.78 is 28.7. The van der Waals surface area contributed by atoms with Gasteiger partial charge < -0.3 is 39.0 Å². The van der Waals surface area contributed by atoms with E-state index in [1.54, 1.807) is 0 Å². The first-order chi connectivity index (χ1) is 42.6. The first-order valence-corrected chi connectivity index (χ1v) is 37.7. The van der Waals surface area contributed by atoms with Gasteiger partial charge in [0.05, 0.1) is 6.61 Å². The van der Waals surface area contributed by atoms with Crippen molar-refractivity contribution in [3.63, 3.8) is 0 Å². The summed E-state index contributed by atoms with van der Waals surface area (Å²) in [6.07, 6.45) is 63.1. The molecule has 1 aliphatic rings. The smallest absolute Gasteiger partial charge is 0.335 e. The maximum atomic E-state index is 13.3. The number of esters is 3. The van der Waals surface area contributed by atoms with Crippen LogP contribution in [0.3, 0.4) is 0 Å². The molecule has 0 radical (unpaired) electrons. The van der Waals surface area contributed by atoms with E-state index in [0.29, 0.717) is 19.3 Å². The highest BCUT2D eigenvalue weighted by molar-refractivity contribution is 5.74. The number of carbonyl (C=O) groups is 4. The molecule has 0 saturated carbocycles. The number of ether oxygens (including phenoxy) is 5. The van der Waals surface area contributed by atoms with Gasteiger partial charge >= 0.3 is 23.9 Å². The number of allylic oxidation sites excluding steroid dienone is 2. The van der Waals surface area contributed by atoms with Gasteiger partial charge in [-0.3, -0.25) is 14.4 Å². The summed E-state index contributed by atoms with van der Waals surface area (Å²) in [5.41, 5.74) is 0. The summed E-state index contributed by atoms with van der Waals surface area (Å²) in [6.45, 7) is 6.10. The molecule has 512 valence electrons. The first-order valence-electron chi connectivity index (χ1n) is 37.7. The van der Waals surface area contributed by atoms with Crippen molar-refractivity contribution >= 4 is 23.9 Å². The third-order valence-corrected chi connectivity index (χ3v) is 17.8. The molecule has 1 rings (SSSR count). The largest absolute Gasteiger partial charge is 0.479 e. The Bertz CT molecular complexity index is 1560. The topological polar surface area (TPSA) is 175 Å². The van der Waals surface area contributed by atoms with Crippen molar-refractivity contribution in [1.29, 1.82) is 0 Å². The van der Waals surface area contributed by atoms with E-state index in [2.05, 4.69) is 32.9 Å². The summed E-state index contributed by atoms with van der Waals surface area (Å²) in [5, 5.41) is 31.7. The second-order valence-corrected chi connectivity index (χ2v) is 26.3. The Morgan fingerprint density at radius 1 is 0.368 bits per heavy atom. The number of rotatable bonds is 67. The van der Waals surface area contributed by atoms with Gasteiger partial charge in [0.25, 0.3) is 0 Å². The fourth-order valence-corrected chi connectivity index (χ4v) is 12.1. The van der Waals surface area contributed by atoms with Crippen LogP contribution < -0.4 is 0 Å². The van der Waals surface area contributed by atoms with Crippen LogP contribution in [0.1, 0.15) is 393 Å². The van der Waals surface area contributed by atoms with Gasteiger partial charge in [-0.15, -0.1) is 0 Å². The number of carbonyl (C=O) groups excluding carboxylic acids is 3. The normalized spacial score (nSPS) is 17.3. The Kier molecular flexibility index (Phi) is 60.3. The molecule has 3 N–H and O–H groups in total. The number of carboxylic acid groups (broad SMARTS) is 1. The van der Waals surface area contributed by atoms with E-state index in [1.807, 2.05) is 0 Å². The fraction of sp³-hybridized carbons (Fsp3) is 0.920. The van der Waals surface area contributed by atoms with Crippen LogP contribution in [0.15, 0.2) is 12.2 Å². The molecule has 1 aliphatic heterocycles. The minimum atomic E-state index is -1.90. The zero-order valence-corrected chi connectivity index (χ0v) is 57.1. The maximum Gasteiger partial charge on any atom is 0.335 e. The van der Waals surface area contributed by atoms with Crippen LogP contribution in [-0.4, -0.2) is 89.2 Å². The average molecular weight is 1230 g/mol. The molecule has 0 spiro atoms. The molecule has 0 aliphatic carbocycles. The predicted octanol–water partition coefficient (Wildman–Crippen LogP) is 21.1. The van der Waals surface area contributed by atoms with Crippen molar-refractivity contribution in [2.75, 3.05) is 13.2 Å². The number of aliphatic hydroxyl groups is 2. The predicted molar refractivity (Wildman–Crippen MR) is 359 cm³/mol. The van der Waals surface area contributed by atoms with Crippen LogP contribution in [0.25, 0.3) is 0 Å². The van der Waals surface area contributed by atoms with Gasteiger partial charge in [0.1, 0.15) is 18.8 Å². The molecule has 0 aromatic rings. The van der Waals surface area contributed by atoms with Crippen molar-refractivity contribution in [3.8, 4) is 0 Å². The van der Waals surface area contributed by atoms with Gasteiger partial charge in [-0.2, -0.15) is 0 Å². The van der Waals surface area contributed by atoms with Gasteiger partial charge in [0.15, 0.2) is 24.6 Å². The van der Waals surface area contributed by atoms with Crippen molar-refractivity contribution in [1.82, 2.24) is 0 Å². The molecule has 12 nitrogen and oxygen atoms in total. The van der Waals surface area contributed by atoms with Crippen molar-refractivity contribution in [3.05, 3.63) is 12.2 Å². The highest BCUT2D eigenvalue weighted by Gasteiger charge is 2.50. The number of aliphatic carboxylic acids is 1. The van der Waals surface area contributed by atoms with E-state index < -0.39 is 67.3 Å². The molecule has 0 aromatic carbocycles. The Balaban J connectivity index is 2.58. The van der Waals surface area contributed by atoms with Gasteiger partial charge in [-0.1, -0.05) is 341 Å². The molecule has 6 atom stereocenters. The van der Waals surface area contributed by atoms with E-state index in [4.69, 9.17) is 23.7 Å². The number of unbranched alkanes of at least 4 members (excludes halogenated alkanes) is 51. The zero-order chi connectivity index (χ0) is 63.1. The Hall–Kier alpha value is -2.54. The summed E-state index contributed by atoms with van der Waals surface area (Å²) in [5.74, 6) is -3.06. The summed E-state index contributed by atoms with van der Waals surface area (Å²) in [4.78, 5) is 51.6. The van der Waals surface area contributed by atoms with Crippen LogP contribution in [0, 0.1) is 0 Å². The van der Waals surface area contributed by atoms with E-state index in [0.717, 1.165) is 57.8 Å². The van der Waals surface area contributed by atoms with Crippen LogP contribution in [-0.2, 0) is 42.9 Å². The lowest BCUT2D eigenvalue weighted by Gasteiger charge is -2.40. The number of aliphatic hydroxyl groups excluding tert-OH is 2. The lowest BCUT2D eigenvalue weighted by Crippen LogP contribution is -2.61. The van der Waals surface area contributed by atoms with Gasteiger partial charge in [0, 0.05) is 19.3 Å². The van der Waals surface area contributed by atoms with Crippen LogP contribution in [0.4, 0.5) is 0 Å². The molecule has 0 aromatic heterocycles. The minimum absolute atomic E-state index is 0.0700.